The summed E-state index contributed by atoms with van der Waals surface area (Å²) in [6, 6.07) is 122. The van der Waals surface area contributed by atoms with E-state index in [-0.39, 0.29) is 0 Å². The molecule has 0 radical (unpaired) electrons. The Morgan fingerprint density at radius 1 is 0.253 bits per heavy atom. The summed E-state index contributed by atoms with van der Waals surface area (Å²) >= 11 is 0. The van der Waals surface area contributed by atoms with Gasteiger partial charge < -0.3 is 13.6 Å². The molecule has 0 spiro atoms. The maximum atomic E-state index is 7.10. The average molecular weight is 1090 g/mol. The van der Waals surface area contributed by atoms with Crippen LogP contribution in [0.4, 0.5) is 0 Å². The molecule has 16 aromatic rings. The van der Waals surface area contributed by atoms with E-state index in [1.807, 2.05) is 0 Å². The van der Waals surface area contributed by atoms with Gasteiger partial charge in [0.25, 0.3) is 0 Å². The first kappa shape index (κ1) is 48.6. The van der Waals surface area contributed by atoms with E-state index in [1.165, 1.54) is 74.2 Å². The van der Waals surface area contributed by atoms with Gasteiger partial charge in [-0.15, -0.1) is 0 Å². The SMILES string of the molecule is c1ccc(-c2ccc([Si](c3ccccc3)(c3ccccc3)c3cccc(-n4c5ccccc5c5c(-n6c7ccccc7c7c([Si](c8ccccc8)(c8ccccc8)c8cccc9c8oc8ccccc89)cccc76)cccc54)c3)cc2)cc1. The van der Waals surface area contributed by atoms with E-state index < -0.39 is 16.1 Å². The molecule has 5 heteroatoms. The number of rotatable bonds is 11. The highest BCUT2D eigenvalue weighted by Crippen LogP contribution is 2.40. The molecule has 3 nitrogen and oxygen atoms in total. The molecule has 0 fully saturated rings. The lowest BCUT2D eigenvalue weighted by Crippen LogP contribution is -2.75. The van der Waals surface area contributed by atoms with Crippen molar-refractivity contribution in [3.05, 3.63) is 328 Å². The highest BCUT2D eigenvalue weighted by atomic mass is 28.3. The molecule has 16 rings (SSSR count). The molecule has 0 aliphatic rings. The number of fused-ring (bicyclic) bond motifs is 9. The number of hydrogen-bond donors (Lipinski definition) is 0. The van der Waals surface area contributed by atoms with Crippen LogP contribution in [0.1, 0.15) is 0 Å². The van der Waals surface area contributed by atoms with Crippen LogP contribution in [-0.4, -0.2) is 25.3 Å². The maximum Gasteiger partial charge on any atom is 0.184 e. The van der Waals surface area contributed by atoms with Crippen molar-refractivity contribution in [1.29, 1.82) is 0 Å². The zero-order chi connectivity index (χ0) is 54.9. The first-order valence-electron chi connectivity index (χ1n) is 28.7. The molecule has 0 aliphatic carbocycles. The molecule has 3 aromatic heterocycles. The Bertz CT molecular complexity index is 4990. The molecule has 0 saturated carbocycles. The van der Waals surface area contributed by atoms with Gasteiger partial charge in [-0.2, -0.15) is 0 Å². The van der Waals surface area contributed by atoms with Gasteiger partial charge in [0.05, 0.1) is 27.8 Å². The molecular weight excluding hydrogens is 1040 g/mol. The topological polar surface area (TPSA) is 23.0 Å². The summed E-state index contributed by atoms with van der Waals surface area (Å²) in [4.78, 5) is 0. The number of furan rings is 1. The highest BCUT2D eigenvalue weighted by molar-refractivity contribution is 7.22. The van der Waals surface area contributed by atoms with Crippen LogP contribution >= 0.6 is 0 Å². The Balaban J connectivity index is 0.954. The third kappa shape index (κ3) is 7.42. The van der Waals surface area contributed by atoms with E-state index >= 15 is 0 Å². The Morgan fingerprint density at radius 2 is 0.675 bits per heavy atom. The Hall–Kier alpha value is -10.3. The van der Waals surface area contributed by atoms with E-state index in [2.05, 4.69) is 337 Å². The minimum atomic E-state index is -3.26. The molecule has 0 unspecified atom stereocenters. The number of hydrogen-bond acceptors (Lipinski definition) is 1. The minimum absolute atomic E-state index is 0.899. The summed E-state index contributed by atoms with van der Waals surface area (Å²) in [6.07, 6.45) is 0. The lowest BCUT2D eigenvalue weighted by Gasteiger charge is -2.35. The van der Waals surface area contributed by atoms with Crippen LogP contribution in [0, 0.1) is 0 Å². The molecule has 13 aromatic carbocycles. The fraction of sp³-hybridized carbons (Fsp3) is 0. The van der Waals surface area contributed by atoms with Crippen molar-refractivity contribution in [2.45, 2.75) is 0 Å². The summed E-state index contributed by atoms with van der Waals surface area (Å²) in [7, 11) is -6.21. The van der Waals surface area contributed by atoms with Gasteiger partial charge in [0, 0.05) is 38.0 Å². The van der Waals surface area contributed by atoms with Gasteiger partial charge >= 0.3 is 0 Å². The number of benzene rings is 13. The van der Waals surface area contributed by atoms with Gasteiger partial charge in [0.2, 0.25) is 0 Å². The summed E-state index contributed by atoms with van der Waals surface area (Å²) in [5, 5.41) is 17.6. The normalized spacial score (nSPS) is 12.1. The van der Waals surface area contributed by atoms with Crippen LogP contribution in [0.15, 0.2) is 332 Å². The van der Waals surface area contributed by atoms with Crippen molar-refractivity contribution in [3.8, 4) is 22.5 Å². The van der Waals surface area contributed by atoms with E-state index in [4.69, 9.17) is 4.42 Å². The monoisotopic (exact) mass is 1090 g/mol. The molecule has 0 saturated heterocycles. The molecule has 0 N–H and O–H groups in total. The van der Waals surface area contributed by atoms with Crippen LogP contribution in [0.25, 0.3) is 88.1 Å². The van der Waals surface area contributed by atoms with Crippen LogP contribution in [-0.2, 0) is 0 Å². The zero-order valence-corrected chi connectivity index (χ0v) is 47.5. The fourth-order valence-corrected chi connectivity index (χ4v) is 24.1. The van der Waals surface area contributed by atoms with Gasteiger partial charge in [-0.1, -0.05) is 279 Å². The van der Waals surface area contributed by atoms with Gasteiger partial charge in [-0.3, -0.25) is 0 Å². The lowest BCUT2D eigenvalue weighted by molar-refractivity contribution is 0.671. The predicted octanol–water partition coefficient (Wildman–Crippen LogP) is 14.2. The maximum absolute atomic E-state index is 7.10. The summed E-state index contributed by atoms with van der Waals surface area (Å²) < 4.78 is 12.2. The van der Waals surface area contributed by atoms with Gasteiger partial charge in [0.15, 0.2) is 16.1 Å². The average Bonchev–Trinajstić information content (AvgIpc) is 2.36. The van der Waals surface area contributed by atoms with E-state index in [0.29, 0.717) is 0 Å². The minimum Gasteiger partial charge on any atom is -0.456 e. The van der Waals surface area contributed by atoms with Crippen molar-refractivity contribution in [2.75, 3.05) is 0 Å². The van der Waals surface area contributed by atoms with Gasteiger partial charge in [0.1, 0.15) is 11.2 Å². The summed E-state index contributed by atoms with van der Waals surface area (Å²) in [5.41, 5.74) is 11.2. The van der Waals surface area contributed by atoms with Crippen LogP contribution in [0.2, 0.25) is 0 Å². The second-order valence-corrected chi connectivity index (χ2v) is 29.4. The number of nitrogens with zero attached hydrogens (tertiary/aromatic N) is 2. The van der Waals surface area contributed by atoms with Crippen molar-refractivity contribution < 1.29 is 4.42 Å². The smallest absolute Gasteiger partial charge is 0.184 e. The molecule has 83 heavy (non-hydrogen) atoms. The first-order valence-corrected chi connectivity index (χ1v) is 32.7. The van der Waals surface area contributed by atoms with Gasteiger partial charge in [-0.05, 0) is 101 Å². The Morgan fingerprint density at radius 3 is 1.31 bits per heavy atom. The number of para-hydroxylation sites is 4. The predicted molar refractivity (Wildman–Crippen MR) is 355 cm³/mol. The third-order valence-electron chi connectivity index (χ3n) is 17.6. The lowest BCUT2D eigenvalue weighted by atomic mass is 10.1. The van der Waals surface area contributed by atoms with Crippen molar-refractivity contribution in [2.24, 2.45) is 0 Å². The molecule has 0 atom stereocenters. The van der Waals surface area contributed by atoms with Crippen molar-refractivity contribution >= 4 is 123 Å². The third-order valence-corrected chi connectivity index (χ3v) is 27.2. The van der Waals surface area contributed by atoms with Crippen LogP contribution < -0.4 is 41.5 Å². The Kier molecular flexibility index (Phi) is 11.6. The molecule has 0 amide bonds. The van der Waals surface area contributed by atoms with E-state index in [9.17, 15) is 0 Å². The van der Waals surface area contributed by atoms with Crippen molar-refractivity contribution in [3.63, 3.8) is 0 Å². The van der Waals surface area contributed by atoms with E-state index in [0.717, 1.165) is 55.4 Å². The standard InChI is InChI=1S/C78H54N2OSi2/c1-6-26-55(27-7-1)56-50-52-62(53-51-56)82(58-29-8-2-9-30-58,59-31-10-3-11-32-59)63-37-22-28-57(54-63)79-68-42-19-16-39-66(68)76-70(79)44-24-45-71(76)80-69-43-20-17-40-67(69)77-72(80)46-25-48-74(77)83(60-33-12-4-13-34-60,61-35-14-5-15-36-61)75-49-23-41-65-64-38-18-21-47-73(64)81-78(65)75/h1-54H. The second kappa shape index (κ2) is 19.7. The number of aromatic nitrogens is 2. The van der Waals surface area contributed by atoms with Crippen LogP contribution in [0.3, 0.4) is 0 Å². The second-order valence-electron chi connectivity index (χ2n) is 21.8. The summed E-state index contributed by atoms with van der Waals surface area (Å²) in [6.45, 7) is 0. The summed E-state index contributed by atoms with van der Waals surface area (Å²) in [5.74, 6) is 0. The first-order chi connectivity index (χ1) is 41.2. The largest absolute Gasteiger partial charge is 0.456 e. The van der Waals surface area contributed by atoms with Crippen LogP contribution in [0.5, 0.6) is 0 Å². The van der Waals surface area contributed by atoms with E-state index in [1.54, 1.807) is 0 Å². The Labute approximate surface area is 483 Å². The molecule has 3 heterocycles. The molecule has 0 bridgehead atoms. The zero-order valence-electron chi connectivity index (χ0n) is 45.5. The molecule has 390 valence electrons. The quantitative estimate of drug-likeness (QED) is 0.0935. The van der Waals surface area contributed by atoms with Crippen molar-refractivity contribution in [1.82, 2.24) is 9.13 Å². The highest BCUT2D eigenvalue weighted by Gasteiger charge is 2.46. The molecule has 0 aliphatic heterocycles. The van der Waals surface area contributed by atoms with Gasteiger partial charge in [-0.25, -0.2) is 0 Å². The molecular formula is C78H54N2OSi2. The fourth-order valence-electron chi connectivity index (χ4n) is 14.2.